The van der Waals surface area contributed by atoms with Crippen LogP contribution in [-0.4, -0.2) is 32.7 Å². The Kier molecular flexibility index (Phi) is 6.92. The van der Waals surface area contributed by atoms with Crippen molar-refractivity contribution in [2.75, 3.05) is 6.54 Å². The number of carbonyl (C=O) groups excluding carboxylic acids is 1. The fourth-order valence-corrected chi connectivity index (χ4v) is 3.35. The van der Waals surface area contributed by atoms with Crippen molar-refractivity contribution >= 4 is 24.0 Å². The Morgan fingerprint density at radius 2 is 1.89 bits per heavy atom. The Bertz CT molecular complexity index is 800. The summed E-state index contributed by atoms with van der Waals surface area (Å²) in [5.41, 5.74) is 6.51. The lowest BCUT2D eigenvalue weighted by Crippen LogP contribution is -2.49. The van der Waals surface area contributed by atoms with Crippen molar-refractivity contribution in [2.24, 2.45) is 5.73 Å². The van der Waals surface area contributed by atoms with Gasteiger partial charge in [-0.05, 0) is 25.0 Å². The highest BCUT2D eigenvalue weighted by molar-refractivity contribution is 5.92. The third-order valence-electron chi connectivity index (χ3n) is 4.85. The second kappa shape index (κ2) is 8.96. The summed E-state index contributed by atoms with van der Waals surface area (Å²) in [6.07, 6.45) is 7.88. The van der Waals surface area contributed by atoms with E-state index in [-0.39, 0.29) is 35.2 Å². The minimum atomic E-state index is -0.471. The lowest BCUT2D eigenvalue weighted by molar-refractivity contribution is -0.384. The van der Waals surface area contributed by atoms with Gasteiger partial charge in [-0.1, -0.05) is 37.8 Å². The first kappa shape index (κ1) is 20.9. The molecule has 1 aliphatic carbocycles. The molecular weight excluding hydrogens is 370 g/mol. The van der Waals surface area contributed by atoms with Crippen molar-refractivity contribution in [3.8, 4) is 5.69 Å². The predicted molar refractivity (Wildman–Crippen MR) is 104 cm³/mol. The summed E-state index contributed by atoms with van der Waals surface area (Å²) < 4.78 is 1.34. The molecule has 0 spiro atoms. The highest BCUT2D eigenvalue weighted by Crippen LogP contribution is 2.24. The van der Waals surface area contributed by atoms with Crippen LogP contribution < -0.4 is 11.1 Å². The molecule has 2 aromatic rings. The van der Waals surface area contributed by atoms with Gasteiger partial charge >= 0.3 is 0 Å². The van der Waals surface area contributed by atoms with Gasteiger partial charge in [0.15, 0.2) is 5.69 Å². The maximum atomic E-state index is 12.4. The first-order valence-electron chi connectivity index (χ1n) is 8.85. The molecule has 0 bridgehead atoms. The quantitative estimate of drug-likeness (QED) is 0.460. The van der Waals surface area contributed by atoms with Crippen LogP contribution in [0.4, 0.5) is 5.69 Å². The number of para-hydroxylation sites is 2. The summed E-state index contributed by atoms with van der Waals surface area (Å²) in [6, 6.07) is 7.82. The SMILES string of the molecule is Cl.NC1(CNC(=O)c2ccn(-c3ccccc3[N+](=O)[O-])n2)CCCCCC1. The number of carbonyl (C=O) groups is 1. The maximum absolute atomic E-state index is 12.4. The molecule has 3 rings (SSSR count). The van der Waals surface area contributed by atoms with Crippen LogP contribution in [-0.2, 0) is 0 Å². The average molecular weight is 394 g/mol. The van der Waals surface area contributed by atoms with Crippen LogP contribution in [0, 0.1) is 10.1 Å². The average Bonchev–Trinajstić information content (AvgIpc) is 3.03. The summed E-state index contributed by atoms with van der Waals surface area (Å²) in [5, 5.41) is 18.2. The molecule has 1 amide bonds. The van der Waals surface area contributed by atoms with Gasteiger partial charge in [0, 0.05) is 24.3 Å². The fourth-order valence-electron chi connectivity index (χ4n) is 3.35. The summed E-state index contributed by atoms with van der Waals surface area (Å²) in [6.45, 7) is 0.407. The van der Waals surface area contributed by atoms with Crippen LogP contribution >= 0.6 is 12.4 Å². The molecule has 1 aromatic carbocycles. The smallest absolute Gasteiger partial charge is 0.294 e. The number of benzene rings is 1. The van der Waals surface area contributed by atoms with E-state index in [1.165, 1.54) is 23.6 Å². The molecule has 0 saturated heterocycles. The van der Waals surface area contributed by atoms with E-state index < -0.39 is 4.92 Å². The van der Waals surface area contributed by atoms with Gasteiger partial charge in [-0.2, -0.15) is 5.10 Å². The molecule has 0 aliphatic heterocycles. The molecule has 0 radical (unpaired) electrons. The Labute approximate surface area is 163 Å². The second-order valence-corrected chi connectivity index (χ2v) is 6.85. The molecule has 0 atom stereocenters. The van der Waals surface area contributed by atoms with E-state index in [9.17, 15) is 14.9 Å². The third kappa shape index (κ3) is 5.05. The third-order valence-corrected chi connectivity index (χ3v) is 4.85. The van der Waals surface area contributed by atoms with E-state index in [1.807, 2.05) is 0 Å². The van der Waals surface area contributed by atoms with E-state index in [0.717, 1.165) is 25.7 Å². The monoisotopic (exact) mass is 393 g/mol. The number of nitro groups is 1. The molecule has 0 unspecified atom stereocenters. The van der Waals surface area contributed by atoms with Crippen molar-refractivity contribution in [1.29, 1.82) is 0 Å². The number of nitrogens with zero attached hydrogens (tertiary/aromatic N) is 3. The number of halogens is 1. The fraction of sp³-hybridized carbons (Fsp3) is 0.444. The lowest BCUT2D eigenvalue weighted by atomic mass is 9.91. The highest BCUT2D eigenvalue weighted by atomic mass is 35.5. The first-order chi connectivity index (χ1) is 12.5. The number of rotatable bonds is 5. The van der Waals surface area contributed by atoms with Crippen molar-refractivity contribution in [2.45, 2.75) is 44.1 Å². The number of nitro benzene ring substituents is 1. The van der Waals surface area contributed by atoms with E-state index in [4.69, 9.17) is 5.73 Å². The number of hydrogen-bond acceptors (Lipinski definition) is 5. The Morgan fingerprint density at radius 1 is 1.22 bits per heavy atom. The number of nitrogens with two attached hydrogens (primary N) is 1. The molecule has 1 saturated carbocycles. The Morgan fingerprint density at radius 3 is 2.56 bits per heavy atom. The molecule has 3 N–H and O–H groups in total. The second-order valence-electron chi connectivity index (χ2n) is 6.85. The van der Waals surface area contributed by atoms with Gasteiger partial charge in [0.05, 0.1) is 4.92 Å². The topological polar surface area (TPSA) is 116 Å². The van der Waals surface area contributed by atoms with Gasteiger partial charge in [-0.15, -0.1) is 12.4 Å². The van der Waals surface area contributed by atoms with Crippen LogP contribution in [0.15, 0.2) is 36.5 Å². The van der Waals surface area contributed by atoms with Crippen LogP contribution in [0.2, 0.25) is 0 Å². The molecule has 9 heteroatoms. The van der Waals surface area contributed by atoms with E-state index in [2.05, 4.69) is 10.4 Å². The van der Waals surface area contributed by atoms with E-state index in [1.54, 1.807) is 30.5 Å². The zero-order valence-corrected chi connectivity index (χ0v) is 15.8. The molecule has 1 aliphatic rings. The normalized spacial score (nSPS) is 16.0. The van der Waals surface area contributed by atoms with Crippen molar-refractivity contribution < 1.29 is 9.72 Å². The van der Waals surface area contributed by atoms with Crippen molar-refractivity contribution in [3.63, 3.8) is 0 Å². The van der Waals surface area contributed by atoms with Crippen LogP contribution in [0.5, 0.6) is 0 Å². The minimum absolute atomic E-state index is 0. The summed E-state index contributed by atoms with van der Waals surface area (Å²) in [5.74, 6) is -0.323. The van der Waals surface area contributed by atoms with Gasteiger partial charge in [0.2, 0.25) is 0 Å². The standard InChI is InChI=1S/C18H23N5O3.ClH/c19-18(10-5-1-2-6-11-18)13-20-17(24)14-9-12-22(21-14)15-7-3-4-8-16(15)23(25)26;/h3-4,7-9,12H,1-2,5-6,10-11,13,19H2,(H,20,24);1H. The predicted octanol–water partition coefficient (Wildman–Crippen LogP) is 2.98. The molecule has 1 fully saturated rings. The first-order valence-corrected chi connectivity index (χ1v) is 8.85. The minimum Gasteiger partial charge on any atom is -0.349 e. The zero-order chi connectivity index (χ0) is 18.6. The number of hydrogen-bond donors (Lipinski definition) is 2. The van der Waals surface area contributed by atoms with Crippen LogP contribution in [0.25, 0.3) is 5.69 Å². The molecule has 27 heavy (non-hydrogen) atoms. The number of amides is 1. The molecular formula is C18H24ClN5O3. The summed E-state index contributed by atoms with van der Waals surface area (Å²) in [4.78, 5) is 23.1. The lowest BCUT2D eigenvalue weighted by Gasteiger charge is -2.28. The van der Waals surface area contributed by atoms with Gasteiger partial charge in [-0.25, -0.2) is 4.68 Å². The van der Waals surface area contributed by atoms with Gasteiger partial charge in [0.1, 0.15) is 5.69 Å². The molecule has 1 heterocycles. The Balaban J connectivity index is 0.00000261. The molecule has 8 nitrogen and oxygen atoms in total. The highest BCUT2D eigenvalue weighted by Gasteiger charge is 2.27. The Hall–Kier alpha value is -2.45. The van der Waals surface area contributed by atoms with Crippen LogP contribution in [0.1, 0.15) is 49.0 Å². The number of nitrogens with one attached hydrogen (secondary N) is 1. The van der Waals surface area contributed by atoms with Gasteiger partial charge in [0.25, 0.3) is 11.6 Å². The van der Waals surface area contributed by atoms with Crippen LogP contribution in [0.3, 0.4) is 0 Å². The zero-order valence-electron chi connectivity index (χ0n) is 15.0. The van der Waals surface area contributed by atoms with Gasteiger partial charge in [-0.3, -0.25) is 14.9 Å². The maximum Gasteiger partial charge on any atom is 0.294 e. The summed E-state index contributed by atoms with van der Waals surface area (Å²) >= 11 is 0. The van der Waals surface area contributed by atoms with E-state index >= 15 is 0 Å². The largest absolute Gasteiger partial charge is 0.349 e. The van der Waals surface area contributed by atoms with Gasteiger partial charge < -0.3 is 11.1 Å². The van der Waals surface area contributed by atoms with E-state index in [0.29, 0.717) is 12.2 Å². The number of aromatic nitrogens is 2. The molecule has 1 aromatic heterocycles. The van der Waals surface area contributed by atoms with Crippen molar-refractivity contribution in [3.05, 3.63) is 52.3 Å². The van der Waals surface area contributed by atoms with Crippen molar-refractivity contribution in [1.82, 2.24) is 15.1 Å². The molecule has 146 valence electrons. The summed E-state index contributed by atoms with van der Waals surface area (Å²) in [7, 11) is 0.